The van der Waals surface area contributed by atoms with E-state index in [4.69, 9.17) is 4.74 Å². The maximum absolute atomic E-state index is 5.87. The van der Waals surface area contributed by atoms with Crippen molar-refractivity contribution in [3.63, 3.8) is 0 Å². The summed E-state index contributed by atoms with van der Waals surface area (Å²) in [6.07, 6.45) is 24.8. The minimum atomic E-state index is 0.787. The van der Waals surface area contributed by atoms with Gasteiger partial charge in [-0.3, -0.25) is 0 Å². The molecule has 0 aromatic heterocycles. The summed E-state index contributed by atoms with van der Waals surface area (Å²) in [6.45, 7) is 5.41. The fourth-order valence-corrected chi connectivity index (χ4v) is 7.49. The Morgan fingerprint density at radius 2 is 1.24 bits per heavy atom. The van der Waals surface area contributed by atoms with Crippen molar-refractivity contribution < 1.29 is 4.74 Å². The molecule has 3 saturated carbocycles. The van der Waals surface area contributed by atoms with Crippen LogP contribution in [0.5, 0.6) is 5.75 Å². The number of rotatable bonds is 11. The van der Waals surface area contributed by atoms with Gasteiger partial charge in [0.1, 0.15) is 5.75 Å². The highest BCUT2D eigenvalue weighted by molar-refractivity contribution is 5.30. The first-order valence-corrected chi connectivity index (χ1v) is 15.0. The minimum Gasteiger partial charge on any atom is -0.494 e. The summed E-state index contributed by atoms with van der Waals surface area (Å²) in [6, 6.07) is 9.14. The minimum absolute atomic E-state index is 0.787. The molecule has 0 bridgehead atoms. The number of ether oxygens (including phenoxy) is 1. The summed E-state index contributed by atoms with van der Waals surface area (Å²) in [5.74, 6) is 7.03. The zero-order valence-electron chi connectivity index (χ0n) is 21.9. The summed E-state index contributed by atoms with van der Waals surface area (Å²) >= 11 is 0. The molecule has 0 aliphatic heterocycles. The summed E-state index contributed by atoms with van der Waals surface area (Å²) in [4.78, 5) is 0. The zero-order chi connectivity index (χ0) is 22.9. The van der Waals surface area contributed by atoms with Gasteiger partial charge in [0.05, 0.1) is 6.61 Å². The normalized spacial score (nSPS) is 32.3. The first kappa shape index (κ1) is 25.1. The number of fused-ring (bicyclic) bond motifs is 1. The fourth-order valence-electron chi connectivity index (χ4n) is 7.49. The molecule has 1 heteroatoms. The van der Waals surface area contributed by atoms with Crippen molar-refractivity contribution in [3.8, 4) is 5.75 Å². The van der Waals surface area contributed by atoms with Crippen LogP contribution in [0.2, 0.25) is 0 Å². The van der Waals surface area contributed by atoms with Crippen LogP contribution >= 0.6 is 0 Å². The van der Waals surface area contributed by atoms with Crippen LogP contribution in [-0.2, 0) is 0 Å². The van der Waals surface area contributed by atoms with Crippen LogP contribution in [0.1, 0.15) is 134 Å². The molecule has 0 heterocycles. The van der Waals surface area contributed by atoms with Gasteiger partial charge in [0.2, 0.25) is 0 Å². The average Bonchev–Trinajstić information content (AvgIpc) is 2.87. The Kier molecular flexibility index (Phi) is 10.0. The second-order valence-electron chi connectivity index (χ2n) is 12.1. The van der Waals surface area contributed by atoms with Crippen molar-refractivity contribution in [2.24, 2.45) is 29.6 Å². The SMILES string of the molecule is CCCCOc1ccc(C2CCC3CC(CCC4CCC(CCCC)CC4)CCC3C2)cc1. The largest absolute Gasteiger partial charge is 0.494 e. The molecule has 1 aromatic carbocycles. The lowest BCUT2D eigenvalue weighted by Gasteiger charge is -2.43. The smallest absolute Gasteiger partial charge is 0.119 e. The molecule has 0 radical (unpaired) electrons. The molecule has 186 valence electrons. The van der Waals surface area contributed by atoms with Crippen LogP contribution in [-0.4, -0.2) is 6.61 Å². The predicted molar refractivity (Wildman–Crippen MR) is 142 cm³/mol. The van der Waals surface area contributed by atoms with Gasteiger partial charge in [-0.25, -0.2) is 0 Å². The Morgan fingerprint density at radius 3 is 1.97 bits per heavy atom. The van der Waals surface area contributed by atoms with E-state index in [9.17, 15) is 0 Å². The summed E-state index contributed by atoms with van der Waals surface area (Å²) in [5.41, 5.74) is 1.56. The van der Waals surface area contributed by atoms with E-state index in [0.717, 1.165) is 54.3 Å². The second kappa shape index (κ2) is 13.2. The van der Waals surface area contributed by atoms with Crippen LogP contribution < -0.4 is 4.74 Å². The van der Waals surface area contributed by atoms with Crippen molar-refractivity contribution in [1.29, 1.82) is 0 Å². The molecule has 0 amide bonds. The molecular formula is C32H52O. The monoisotopic (exact) mass is 452 g/mol. The number of unbranched alkanes of at least 4 members (excludes halogenated alkanes) is 2. The third-order valence-electron chi connectivity index (χ3n) is 9.76. The van der Waals surface area contributed by atoms with Gasteiger partial charge in [0.15, 0.2) is 0 Å². The molecular weight excluding hydrogens is 400 g/mol. The standard InChI is InChI=1S/C32H52O/c1-3-5-7-25-8-10-26(11-9-25)12-13-27-14-15-31-24-30(17-16-29(31)23-27)28-18-20-32(21-19-28)33-22-6-4-2/h18-21,25-27,29-31H,3-17,22-24H2,1-2H3. The Balaban J connectivity index is 1.16. The van der Waals surface area contributed by atoms with Crippen LogP contribution in [0.15, 0.2) is 24.3 Å². The highest BCUT2D eigenvalue weighted by Gasteiger charge is 2.36. The second-order valence-corrected chi connectivity index (χ2v) is 12.1. The van der Waals surface area contributed by atoms with Crippen LogP contribution in [0.3, 0.4) is 0 Å². The molecule has 0 saturated heterocycles. The van der Waals surface area contributed by atoms with Crippen molar-refractivity contribution >= 4 is 0 Å². The molecule has 1 nitrogen and oxygen atoms in total. The van der Waals surface area contributed by atoms with E-state index in [-0.39, 0.29) is 0 Å². The third kappa shape index (κ3) is 7.50. The van der Waals surface area contributed by atoms with Gasteiger partial charge in [-0.1, -0.05) is 96.6 Å². The van der Waals surface area contributed by atoms with E-state index < -0.39 is 0 Å². The predicted octanol–water partition coefficient (Wildman–Crippen LogP) is 9.94. The van der Waals surface area contributed by atoms with E-state index in [0.29, 0.717) is 0 Å². The van der Waals surface area contributed by atoms with Gasteiger partial charge in [0, 0.05) is 0 Å². The molecule has 3 fully saturated rings. The highest BCUT2D eigenvalue weighted by Crippen LogP contribution is 2.49. The Morgan fingerprint density at radius 1 is 0.636 bits per heavy atom. The number of benzene rings is 1. The number of hydrogen-bond acceptors (Lipinski definition) is 1. The summed E-state index contributed by atoms with van der Waals surface area (Å²) in [5, 5.41) is 0. The molecule has 0 N–H and O–H groups in total. The first-order valence-electron chi connectivity index (χ1n) is 15.0. The van der Waals surface area contributed by atoms with Gasteiger partial charge in [0.25, 0.3) is 0 Å². The van der Waals surface area contributed by atoms with Crippen molar-refractivity contribution in [3.05, 3.63) is 29.8 Å². The van der Waals surface area contributed by atoms with Crippen molar-refractivity contribution in [2.45, 2.75) is 129 Å². The maximum Gasteiger partial charge on any atom is 0.119 e. The lowest BCUT2D eigenvalue weighted by atomic mass is 9.63. The molecule has 3 aliphatic carbocycles. The van der Waals surface area contributed by atoms with E-state index >= 15 is 0 Å². The van der Waals surface area contributed by atoms with Crippen molar-refractivity contribution in [1.82, 2.24) is 0 Å². The lowest BCUT2D eigenvalue weighted by molar-refractivity contribution is 0.108. The van der Waals surface area contributed by atoms with E-state index in [2.05, 4.69) is 38.1 Å². The first-order chi connectivity index (χ1) is 16.2. The van der Waals surface area contributed by atoms with Crippen LogP contribution in [0, 0.1) is 29.6 Å². The molecule has 3 aliphatic rings. The highest BCUT2D eigenvalue weighted by atomic mass is 16.5. The van der Waals surface area contributed by atoms with Crippen molar-refractivity contribution in [2.75, 3.05) is 6.61 Å². The molecule has 33 heavy (non-hydrogen) atoms. The molecule has 0 spiro atoms. The average molecular weight is 453 g/mol. The zero-order valence-corrected chi connectivity index (χ0v) is 21.9. The maximum atomic E-state index is 5.87. The van der Waals surface area contributed by atoms with Crippen LogP contribution in [0.25, 0.3) is 0 Å². The van der Waals surface area contributed by atoms with Crippen LogP contribution in [0.4, 0.5) is 0 Å². The molecule has 4 atom stereocenters. The molecule has 1 aromatic rings. The van der Waals surface area contributed by atoms with Gasteiger partial charge in [-0.05, 0) is 91.7 Å². The van der Waals surface area contributed by atoms with Gasteiger partial charge in [-0.2, -0.15) is 0 Å². The van der Waals surface area contributed by atoms with E-state index in [1.807, 2.05) is 0 Å². The Hall–Kier alpha value is -0.980. The molecule has 4 rings (SSSR count). The van der Waals surface area contributed by atoms with Gasteiger partial charge < -0.3 is 4.74 Å². The van der Waals surface area contributed by atoms with E-state index in [1.165, 1.54) is 96.3 Å². The summed E-state index contributed by atoms with van der Waals surface area (Å²) in [7, 11) is 0. The lowest BCUT2D eigenvalue weighted by Crippen LogP contribution is -2.30. The summed E-state index contributed by atoms with van der Waals surface area (Å²) < 4.78 is 5.87. The Labute approximate surface area is 205 Å². The topological polar surface area (TPSA) is 9.23 Å². The van der Waals surface area contributed by atoms with Gasteiger partial charge in [-0.15, -0.1) is 0 Å². The number of hydrogen-bond donors (Lipinski definition) is 0. The van der Waals surface area contributed by atoms with Gasteiger partial charge >= 0.3 is 0 Å². The van der Waals surface area contributed by atoms with E-state index in [1.54, 1.807) is 12.0 Å². The molecule has 4 unspecified atom stereocenters. The Bertz CT molecular complexity index is 656. The fraction of sp³-hybridized carbons (Fsp3) is 0.812. The third-order valence-corrected chi connectivity index (χ3v) is 9.76. The quantitative estimate of drug-likeness (QED) is 0.303.